The van der Waals surface area contributed by atoms with Gasteiger partial charge in [0.05, 0.1) is 10.9 Å². The summed E-state index contributed by atoms with van der Waals surface area (Å²) in [7, 11) is 0. The molecule has 0 fully saturated rings. The first kappa shape index (κ1) is 6.49. The lowest BCUT2D eigenvalue weighted by atomic mass is 10.5. The van der Waals surface area contributed by atoms with Crippen LogP contribution >= 0.6 is 11.3 Å². The van der Waals surface area contributed by atoms with Crippen LogP contribution < -0.4 is 9.88 Å². The van der Waals surface area contributed by atoms with Crippen molar-refractivity contribution >= 4 is 23.5 Å². The van der Waals surface area contributed by atoms with Crippen LogP contribution in [0.2, 0.25) is 0 Å². The minimum Gasteiger partial charge on any atom is -0.245 e. The Morgan fingerprint density at radius 3 is 2.67 bits per heavy atom. The Balaban J connectivity index is 3.50. The molecule has 0 aliphatic rings. The summed E-state index contributed by atoms with van der Waals surface area (Å²) in [5.41, 5.74) is 1.87. The summed E-state index contributed by atoms with van der Waals surface area (Å²) in [6, 6.07) is 0. The van der Waals surface area contributed by atoms with Crippen LogP contribution in [0.5, 0.6) is 0 Å². The summed E-state index contributed by atoms with van der Waals surface area (Å²) in [6.45, 7) is 4.03. The maximum atomic E-state index is 4.14. The Kier molecular flexibility index (Phi) is 2.01. The highest BCUT2D eigenvalue weighted by atomic mass is 32.1. The van der Waals surface area contributed by atoms with Crippen molar-refractivity contribution in [2.75, 3.05) is 0 Å². The third-order valence-electron chi connectivity index (χ3n) is 1.16. The van der Waals surface area contributed by atoms with E-state index in [4.69, 9.17) is 0 Å². The Morgan fingerprint density at radius 2 is 2.22 bits per heavy atom. The van der Waals surface area contributed by atoms with Crippen LogP contribution in [0.3, 0.4) is 0 Å². The summed E-state index contributed by atoms with van der Waals surface area (Å²) < 4.78 is 1.26. The highest BCUT2D eigenvalue weighted by Gasteiger charge is 1.81. The monoisotopic (exact) mass is 139 g/mol. The quantitative estimate of drug-likeness (QED) is 0.516. The molecular formula is C7H9NS. The van der Waals surface area contributed by atoms with Crippen molar-refractivity contribution in [2.45, 2.75) is 13.8 Å². The first-order chi connectivity index (χ1) is 4.38. The van der Waals surface area contributed by atoms with Gasteiger partial charge in [-0.2, -0.15) is 0 Å². The molecule has 2 heteroatoms. The molecule has 9 heavy (non-hydrogen) atoms. The fraction of sp³-hybridized carbons (Fsp3) is 0.286. The molecule has 0 aliphatic heterocycles. The van der Waals surface area contributed by atoms with E-state index in [1.54, 1.807) is 11.3 Å². The van der Waals surface area contributed by atoms with Crippen molar-refractivity contribution < 1.29 is 0 Å². The molecule has 0 unspecified atom stereocenters. The molecule has 1 rings (SSSR count). The molecule has 0 N–H and O–H groups in total. The van der Waals surface area contributed by atoms with Gasteiger partial charge in [0.25, 0.3) is 0 Å². The van der Waals surface area contributed by atoms with Crippen molar-refractivity contribution in [1.82, 2.24) is 4.98 Å². The number of rotatable bonds is 0. The van der Waals surface area contributed by atoms with E-state index in [2.05, 4.69) is 11.1 Å². The first-order valence-electron chi connectivity index (χ1n) is 2.90. The summed E-state index contributed by atoms with van der Waals surface area (Å²) in [5, 5.41) is 1.10. The largest absolute Gasteiger partial charge is 0.245 e. The highest BCUT2D eigenvalue weighted by Crippen LogP contribution is 1.74. The molecule has 0 aliphatic carbocycles. The van der Waals surface area contributed by atoms with Gasteiger partial charge in [-0.15, -0.1) is 11.3 Å². The van der Waals surface area contributed by atoms with Crippen molar-refractivity contribution in [3.8, 4) is 0 Å². The second-order valence-corrected chi connectivity index (χ2v) is 2.57. The molecule has 0 saturated heterocycles. The molecule has 0 bridgehead atoms. The minimum atomic E-state index is 1.10. The molecule has 0 spiro atoms. The van der Waals surface area contributed by atoms with Gasteiger partial charge in [-0.3, -0.25) is 0 Å². The SMILES string of the molecule is C/C=c1/ncs/c1=C/C. The summed E-state index contributed by atoms with van der Waals surface area (Å²) in [6.07, 6.45) is 4.10. The van der Waals surface area contributed by atoms with Gasteiger partial charge in [-0.25, -0.2) is 4.98 Å². The predicted octanol–water partition coefficient (Wildman–Crippen LogP) is 0.744. The summed E-state index contributed by atoms with van der Waals surface area (Å²) in [5.74, 6) is 0. The summed E-state index contributed by atoms with van der Waals surface area (Å²) in [4.78, 5) is 4.14. The van der Waals surface area contributed by atoms with E-state index in [1.807, 2.05) is 25.4 Å². The van der Waals surface area contributed by atoms with Crippen LogP contribution in [-0.2, 0) is 0 Å². The molecule has 0 saturated carbocycles. The van der Waals surface area contributed by atoms with Gasteiger partial charge in [0.15, 0.2) is 0 Å². The Labute approximate surface area is 58.4 Å². The van der Waals surface area contributed by atoms with Crippen LogP contribution in [-0.4, -0.2) is 4.98 Å². The van der Waals surface area contributed by atoms with E-state index in [1.165, 1.54) is 4.53 Å². The lowest BCUT2D eigenvalue weighted by Crippen LogP contribution is -2.19. The second-order valence-electron chi connectivity index (χ2n) is 1.68. The first-order valence-corrected chi connectivity index (χ1v) is 3.78. The zero-order chi connectivity index (χ0) is 6.69. The fourth-order valence-electron chi connectivity index (χ4n) is 0.697. The average Bonchev–Trinajstić information content (AvgIpc) is 2.33. The van der Waals surface area contributed by atoms with Crippen LogP contribution in [0.25, 0.3) is 12.2 Å². The van der Waals surface area contributed by atoms with E-state index in [-0.39, 0.29) is 0 Å². The molecule has 1 nitrogen and oxygen atoms in total. The predicted molar refractivity (Wildman–Crippen MR) is 41.6 cm³/mol. The number of thiazole rings is 1. The molecule has 0 atom stereocenters. The third-order valence-corrected chi connectivity index (χ3v) is 2.07. The second kappa shape index (κ2) is 2.78. The van der Waals surface area contributed by atoms with Gasteiger partial charge < -0.3 is 0 Å². The lowest BCUT2D eigenvalue weighted by molar-refractivity contribution is 1.31. The van der Waals surface area contributed by atoms with E-state index in [0.717, 1.165) is 5.35 Å². The minimum absolute atomic E-state index is 1.10. The number of nitrogens with zero attached hydrogens (tertiary/aromatic N) is 1. The van der Waals surface area contributed by atoms with Crippen LogP contribution in [0, 0.1) is 0 Å². The van der Waals surface area contributed by atoms with Gasteiger partial charge in [0.2, 0.25) is 0 Å². The molecule has 1 heterocycles. The third kappa shape index (κ3) is 1.19. The van der Waals surface area contributed by atoms with E-state index >= 15 is 0 Å². The average molecular weight is 139 g/mol. The Morgan fingerprint density at radius 1 is 1.44 bits per heavy atom. The highest BCUT2D eigenvalue weighted by molar-refractivity contribution is 7.07. The molecule has 0 amide bonds. The standard InChI is InChI=1S/C7H9NS/c1-3-6-7(4-2)9-5-8-6/h3-5H,1-2H3/b6-3+,7-4+. The van der Waals surface area contributed by atoms with Crippen molar-refractivity contribution in [2.24, 2.45) is 0 Å². The van der Waals surface area contributed by atoms with Crippen LogP contribution in [0.15, 0.2) is 5.51 Å². The maximum Gasteiger partial charge on any atom is 0.0805 e. The van der Waals surface area contributed by atoms with E-state index in [0.29, 0.717) is 0 Å². The molecule has 0 radical (unpaired) electrons. The van der Waals surface area contributed by atoms with Crippen molar-refractivity contribution in [1.29, 1.82) is 0 Å². The van der Waals surface area contributed by atoms with Crippen LogP contribution in [0.1, 0.15) is 13.8 Å². The molecule has 1 aromatic rings. The van der Waals surface area contributed by atoms with Crippen molar-refractivity contribution in [3.63, 3.8) is 0 Å². The normalized spacial score (nSPS) is 14.9. The Hall–Kier alpha value is -0.630. The number of hydrogen-bond donors (Lipinski definition) is 0. The van der Waals surface area contributed by atoms with Gasteiger partial charge in [0.1, 0.15) is 0 Å². The van der Waals surface area contributed by atoms with Crippen LogP contribution in [0.4, 0.5) is 0 Å². The Bertz CT molecular complexity index is 256. The fourth-order valence-corrected chi connectivity index (χ4v) is 1.40. The van der Waals surface area contributed by atoms with Gasteiger partial charge in [-0.1, -0.05) is 12.2 Å². The van der Waals surface area contributed by atoms with Gasteiger partial charge in [0, 0.05) is 4.53 Å². The molecular weight excluding hydrogens is 130 g/mol. The number of aromatic nitrogens is 1. The zero-order valence-corrected chi connectivity index (χ0v) is 6.40. The molecule has 48 valence electrons. The smallest absolute Gasteiger partial charge is 0.0805 e. The lowest BCUT2D eigenvalue weighted by Gasteiger charge is -1.69. The van der Waals surface area contributed by atoms with E-state index in [9.17, 15) is 0 Å². The van der Waals surface area contributed by atoms with E-state index < -0.39 is 0 Å². The summed E-state index contributed by atoms with van der Waals surface area (Å²) >= 11 is 1.68. The number of hydrogen-bond acceptors (Lipinski definition) is 2. The topological polar surface area (TPSA) is 12.9 Å². The van der Waals surface area contributed by atoms with Crippen molar-refractivity contribution in [3.05, 3.63) is 15.4 Å². The van der Waals surface area contributed by atoms with Gasteiger partial charge >= 0.3 is 0 Å². The zero-order valence-electron chi connectivity index (χ0n) is 5.59. The maximum absolute atomic E-state index is 4.14. The van der Waals surface area contributed by atoms with Gasteiger partial charge in [-0.05, 0) is 13.8 Å². The molecule has 0 aromatic carbocycles. The molecule has 1 aromatic heterocycles.